The Kier molecular flexibility index (Phi) is 26.2. The van der Waals surface area contributed by atoms with Gasteiger partial charge in [0, 0.05) is 41.1 Å². The van der Waals surface area contributed by atoms with Crippen LogP contribution in [-0.2, 0) is 25.2 Å². The molecular weight excluding hydrogens is 709 g/mol. The normalized spacial score (nSPS) is 12.0. The van der Waals surface area contributed by atoms with Crippen LogP contribution in [-0.4, -0.2) is 151 Å². The quantitative estimate of drug-likeness (QED) is 0.0893. The van der Waals surface area contributed by atoms with Gasteiger partial charge in [0.1, 0.15) is 12.4 Å². The maximum atomic E-state index is 11.7. The molecule has 0 saturated carbocycles. The Morgan fingerprint density at radius 3 is 1.50 bits per heavy atom. The van der Waals surface area contributed by atoms with Crippen LogP contribution < -0.4 is 4.74 Å². The van der Waals surface area contributed by atoms with E-state index in [4.69, 9.17) is 37.4 Å². The summed E-state index contributed by atoms with van der Waals surface area (Å²) in [5.41, 5.74) is -2.74. The molecule has 300 valence electrons. The molecule has 0 bridgehead atoms. The van der Waals surface area contributed by atoms with E-state index >= 15 is 0 Å². The average molecular weight is 775 g/mol. The Labute approximate surface area is 319 Å². The standard InChI is InChI=1S/C31H58N4O2S2.C6H8O7/c1-8-18-32(19-9-2)22-12-24-34(25-13-23-33(20-10-3)21-11-4)31(38)35(28(5)6)26-27-37-29-14-16-30(17-15-29)39(7)36;7-3(8)1-6(13,5(11)12)2-4(9)10/h14-17,28H,8-13,18-27H2,1-7H3;13H,1-2H2,(H,7,8)(H,9,10)(H,11,12). The molecule has 1 unspecified atom stereocenters. The van der Waals surface area contributed by atoms with Crippen LogP contribution in [0.1, 0.15) is 92.9 Å². The number of thiocarbonyl (C=S) groups is 1. The first kappa shape index (κ1) is 49.1. The highest BCUT2D eigenvalue weighted by Gasteiger charge is 2.40. The Balaban J connectivity index is 0.00000169. The summed E-state index contributed by atoms with van der Waals surface area (Å²) in [5.74, 6) is -4.22. The van der Waals surface area contributed by atoms with Gasteiger partial charge in [-0.1, -0.05) is 27.7 Å². The largest absolute Gasteiger partial charge is 0.492 e. The van der Waals surface area contributed by atoms with Crippen molar-refractivity contribution >= 4 is 46.0 Å². The van der Waals surface area contributed by atoms with Gasteiger partial charge in [-0.15, -0.1) is 0 Å². The number of carbonyl (C=O) groups is 3. The van der Waals surface area contributed by atoms with E-state index in [1.807, 2.05) is 24.3 Å². The number of ether oxygens (including phenoxy) is 1. The number of hydrogen-bond donors (Lipinski definition) is 4. The third-order valence-corrected chi connectivity index (χ3v) is 9.57. The molecule has 0 aliphatic rings. The number of hydrogen-bond acceptors (Lipinski definition) is 9. The molecule has 0 aliphatic heterocycles. The van der Waals surface area contributed by atoms with E-state index in [0.29, 0.717) is 12.6 Å². The van der Waals surface area contributed by atoms with E-state index in [1.54, 1.807) is 6.26 Å². The minimum absolute atomic E-state index is 0.293. The molecule has 1 aromatic rings. The highest BCUT2D eigenvalue weighted by atomic mass is 32.2. The van der Waals surface area contributed by atoms with Gasteiger partial charge in [-0.3, -0.25) is 13.8 Å². The predicted molar refractivity (Wildman–Crippen MR) is 211 cm³/mol. The molecule has 0 aromatic heterocycles. The fourth-order valence-electron chi connectivity index (χ4n) is 5.67. The Morgan fingerprint density at radius 1 is 0.750 bits per heavy atom. The summed E-state index contributed by atoms with van der Waals surface area (Å²) in [6.07, 6.45) is 6.46. The number of aliphatic hydroxyl groups is 1. The second-order valence-corrected chi connectivity index (χ2v) is 14.9. The molecule has 0 spiro atoms. The van der Waals surface area contributed by atoms with E-state index in [-0.39, 0.29) is 0 Å². The molecule has 4 N–H and O–H groups in total. The van der Waals surface area contributed by atoms with Crippen LogP contribution in [0.5, 0.6) is 5.75 Å². The van der Waals surface area contributed by atoms with Crippen LogP contribution in [0, 0.1) is 0 Å². The van der Waals surface area contributed by atoms with Crippen molar-refractivity contribution in [2.24, 2.45) is 0 Å². The summed E-state index contributed by atoms with van der Waals surface area (Å²) in [4.78, 5) is 41.3. The molecule has 1 aromatic carbocycles. The molecule has 1 rings (SSSR count). The minimum Gasteiger partial charge on any atom is -0.492 e. The zero-order chi connectivity index (χ0) is 39.7. The number of benzene rings is 1. The second kappa shape index (κ2) is 27.7. The fourth-order valence-corrected chi connectivity index (χ4v) is 6.67. The van der Waals surface area contributed by atoms with Gasteiger partial charge in [0.05, 0.1) is 19.4 Å². The number of carboxylic acids is 3. The molecular formula is C37H66N4O9S2. The molecule has 0 saturated heterocycles. The van der Waals surface area contributed by atoms with E-state index in [0.717, 1.165) is 61.3 Å². The van der Waals surface area contributed by atoms with Crippen LogP contribution in [0.4, 0.5) is 0 Å². The summed E-state index contributed by atoms with van der Waals surface area (Å²) >= 11 is 6.15. The molecule has 15 heteroatoms. The molecule has 13 nitrogen and oxygen atoms in total. The summed E-state index contributed by atoms with van der Waals surface area (Å²) < 4.78 is 17.7. The van der Waals surface area contributed by atoms with Gasteiger partial charge < -0.3 is 44.8 Å². The van der Waals surface area contributed by atoms with Gasteiger partial charge in [-0.25, -0.2) is 4.79 Å². The first-order valence-electron chi connectivity index (χ1n) is 18.5. The van der Waals surface area contributed by atoms with Gasteiger partial charge in [0.25, 0.3) is 0 Å². The number of aliphatic carboxylic acids is 3. The smallest absolute Gasteiger partial charge is 0.336 e. The third kappa shape index (κ3) is 21.0. The van der Waals surface area contributed by atoms with Crippen molar-refractivity contribution in [3.63, 3.8) is 0 Å². The van der Waals surface area contributed by atoms with E-state index < -0.39 is 47.2 Å². The predicted octanol–water partition coefficient (Wildman–Crippen LogP) is 4.88. The fraction of sp³-hybridized carbons (Fsp3) is 0.730. The molecule has 1 atom stereocenters. The third-order valence-electron chi connectivity index (χ3n) is 8.15. The topological polar surface area (TPSA) is 171 Å². The maximum absolute atomic E-state index is 11.7. The second-order valence-electron chi connectivity index (χ2n) is 13.2. The Morgan fingerprint density at radius 2 is 1.17 bits per heavy atom. The van der Waals surface area contributed by atoms with Gasteiger partial charge >= 0.3 is 17.9 Å². The van der Waals surface area contributed by atoms with Crippen LogP contribution >= 0.6 is 12.2 Å². The molecule has 0 heterocycles. The average Bonchev–Trinajstić information content (AvgIpc) is 3.05. The van der Waals surface area contributed by atoms with Gasteiger partial charge in [0.15, 0.2) is 10.7 Å². The van der Waals surface area contributed by atoms with Crippen LogP contribution in [0.3, 0.4) is 0 Å². The first-order valence-corrected chi connectivity index (χ1v) is 20.5. The lowest BCUT2D eigenvalue weighted by atomic mass is 9.96. The highest BCUT2D eigenvalue weighted by molar-refractivity contribution is 7.84. The number of rotatable bonds is 27. The lowest BCUT2D eigenvalue weighted by Gasteiger charge is -2.37. The maximum Gasteiger partial charge on any atom is 0.336 e. The van der Waals surface area contributed by atoms with Crippen molar-refractivity contribution in [2.45, 2.75) is 109 Å². The minimum atomic E-state index is -2.74. The van der Waals surface area contributed by atoms with E-state index in [1.165, 1.54) is 51.9 Å². The monoisotopic (exact) mass is 774 g/mol. The zero-order valence-electron chi connectivity index (χ0n) is 32.6. The van der Waals surface area contributed by atoms with Crippen LogP contribution in [0.2, 0.25) is 0 Å². The SMILES string of the molecule is CCCN(CCC)CCCN(CCCN(CCC)CCC)C(=S)N(CCOc1ccc(S(C)=O)cc1)C(C)C.O=C(O)CC(O)(CC(=O)O)C(=O)O. The summed E-state index contributed by atoms with van der Waals surface area (Å²) in [5, 5.41) is 34.8. The Bertz CT molecular complexity index is 1150. The van der Waals surface area contributed by atoms with Crippen molar-refractivity contribution in [1.29, 1.82) is 0 Å². The van der Waals surface area contributed by atoms with E-state index in [2.05, 4.69) is 61.1 Å². The first-order chi connectivity index (χ1) is 24.5. The molecule has 0 aliphatic carbocycles. The van der Waals surface area contributed by atoms with Gasteiger partial charge in [-0.05, 0) is 128 Å². The van der Waals surface area contributed by atoms with Gasteiger partial charge in [-0.2, -0.15) is 0 Å². The van der Waals surface area contributed by atoms with Gasteiger partial charge in [0.2, 0.25) is 0 Å². The van der Waals surface area contributed by atoms with Crippen molar-refractivity contribution < 1.29 is 43.8 Å². The highest BCUT2D eigenvalue weighted by Crippen LogP contribution is 2.17. The van der Waals surface area contributed by atoms with Crippen molar-refractivity contribution in [3.05, 3.63) is 24.3 Å². The number of nitrogens with zero attached hydrogens (tertiary/aromatic N) is 4. The van der Waals surface area contributed by atoms with Crippen molar-refractivity contribution in [2.75, 3.05) is 71.8 Å². The van der Waals surface area contributed by atoms with Crippen molar-refractivity contribution in [3.8, 4) is 5.75 Å². The zero-order valence-corrected chi connectivity index (χ0v) is 34.2. The van der Waals surface area contributed by atoms with Crippen molar-refractivity contribution in [1.82, 2.24) is 19.6 Å². The molecule has 52 heavy (non-hydrogen) atoms. The molecule has 0 radical (unpaired) electrons. The van der Waals surface area contributed by atoms with Crippen LogP contribution in [0.15, 0.2) is 29.2 Å². The lowest BCUT2D eigenvalue weighted by Crippen LogP contribution is -2.49. The lowest BCUT2D eigenvalue weighted by molar-refractivity contribution is -0.170. The summed E-state index contributed by atoms with van der Waals surface area (Å²) in [7, 11) is -0.978. The van der Waals surface area contributed by atoms with Crippen LogP contribution in [0.25, 0.3) is 0 Å². The number of carboxylic acid groups (broad SMARTS) is 3. The summed E-state index contributed by atoms with van der Waals surface area (Å²) in [6, 6.07) is 7.84. The van der Waals surface area contributed by atoms with E-state index in [9.17, 15) is 18.6 Å². The summed E-state index contributed by atoms with van der Waals surface area (Å²) in [6.45, 7) is 23.7. The molecule has 0 fully saturated rings. The molecule has 0 amide bonds. The Hall–Kier alpha value is -2.85.